The second-order valence-electron chi connectivity index (χ2n) is 4.13. The molecule has 92 valence electrons. The lowest BCUT2D eigenvalue weighted by atomic mass is 10.0. The molecule has 0 aliphatic rings. The van der Waals surface area contributed by atoms with Crippen molar-refractivity contribution in [1.29, 1.82) is 0 Å². The fourth-order valence-corrected chi connectivity index (χ4v) is 2.82. The SMILES string of the molecule is CCC(CCCl)CNCc1nc(C)c(C)s1. The molecule has 0 spiro atoms. The quantitative estimate of drug-likeness (QED) is 0.759. The van der Waals surface area contributed by atoms with Gasteiger partial charge < -0.3 is 5.32 Å². The molecule has 4 heteroatoms. The van der Waals surface area contributed by atoms with Crippen molar-refractivity contribution in [1.82, 2.24) is 10.3 Å². The number of hydrogen-bond donors (Lipinski definition) is 1. The maximum Gasteiger partial charge on any atom is 0.107 e. The van der Waals surface area contributed by atoms with Crippen molar-refractivity contribution in [3.8, 4) is 0 Å². The van der Waals surface area contributed by atoms with Crippen molar-refractivity contribution in [2.45, 2.75) is 40.2 Å². The Morgan fingerprint density at radius 3 is 2.69 bits per heavy atom. The fraction of sp³-hybridized carbons (Fsp3) is 0.750. The van der Waals surface area contributed by atoms with Gasteiger partial charge in [0.25, 0.3) is 0 Å². The van der Waals surface area contributed by atoms with Crippen LogP contribution < -0.4 is 5.32 Å². The summed E-state index contributed by atoms with van der Waals surface area (Å²) in [5, 5.41) is 4.66. The van der Waals surface area contributed by atoms with Crippen LogP contribution in [-0.2, 0) is 6.54 Å². The number of rotatable bonds is 7. The van der Waals surface area contributed by atoms with E-state index in [9.17, 15) is 0 Å². The Morgan fingerprint density at radius 2 is 2.19 bits per heavy atom. The minimum absolute atomic E-state index is 0.694. The lowest BCUT2D eigenvalue weighted by Crippen LogP contribution is -2.22. The smallest absolute Gasteiger partial charge is 0.107 e. The van der Waals surface area contributed by atoms with Gasteiger partial charge in [-0.3, -0.25) is 0 Å². The fourth-order valence-electron chi connectivity index (χ4n) is 1.60. The molecule has 0 radical (unpaired) electrons. The first-order chi connectivity index (χ1) is 7.67. The average molecular weight is 261 g/mol. The Morgan fingerprint density at radius 1 is 1.44 bits per heavy atom. The van der Waals surface area contributed by atoms with Crippen LogP contribution in [0.4, 0.5) is 0 Å². The molecule has 1 aromatic rings. The number of aryl methyl sites for hydroxylation is 2. The normalized spacial score (nSPS) is 13.0. The summed E-state index contributed by atoms with van der Waals surface area (Å²) >= 11 is 7.54. The summed E-state index contributed by atoms with van der Waals surface area (Å²) in [5.41, 5.74) is 1.16. The molecule has 1 N–H and O–H groups in total. The second kappa shape index (κ2) is 7.25. The van der Waals surface area contributed by atoms with Gasteiger partial charge in [-0.1, -0.05) is 13.3 Å². The molecule has 2 nitrogen and oxygen atoms in total. The van der Waals surface area contributed by atoms with Crippen molar-refractivity contribution in [3.05, 3.63) is 15.6 Å². The largest absolute Gasteiger partial charge is 0.310 e. The third-order valence-electron chi connectivity index (χ3n) is 2.88. The number of halogens is 1. The Kier molecular flexibility index (Phi) is 6.32. The van der Waals surface area contributed by atoms with E-state index in [-0.39, 0.29) is 0 Å². The van der Waals surface area contributed by atoms with Gasteiger partial charge in [-0.2, -0.15) is 0 Å². The summed E-state index contributed by atoms with van der Waals surface area (Å²) in [6.07, 6.45) is 2.29. The number of nitrogens with one attached hydrogen (secondary N) is 1. The molecule has 1 rings (SSSR count). The first kappa shape index (κ1) is 13.9. The van der Waals surface area contributed by atoms with E-state index in [2.05, 4.69) is 31.1 Å². The number of alkyl halides is 1. The first-order valence-corrected chi connectivity index (χ1v) is 7.22. The molecular formula is C12H21ClN2S. The van der Waals surface area contributed by atoms with Gasteiger partial charge >= 0.3 is 0 Å². The van der Waals surface area contributed by atoms with Crippen LogP contribution in [0.25, 0.3) is 0 Å². The van der Waals surface area contributed by atoms with Crippen molar-refractivity contribution in [2.24, 2.45) is 5.92 Å². The highest BCUT2D eigenvalue weighted by molar-refractivity contribution is 7.11. The summed E-state index contributed by atoms with van der Waals surface area (Å²) in [5.74, 6) is 1.45. The highest BCUT2D eigenvalue weighted by Crippen LogP contribution is 2.16. The van der Waals surface area contributed by atoms with Crippen molar-refractivity contribution in [2.75, 3.05) is 12.4 Å². The van der Waals surface area contributed by atoms with Crippen molar-refractivity contribution < 1.29 is 0 Å². The standard InChI is InChI=1S/C12H21ClN2S/c1-4-11(5-6-13)7-14-8-12-15-9(2)10(3)16-12/h11,14H,4-8H2,1-3H3. The van der Waals surface area contributed by atoms with E-state index < -0.39 is 0 Å². The van der Waals surface area contributed by atoms with Gasteiger partial charge in [0.05, 0.1) is 5.69 Å². The van der Waals surface area contributed by atoms with Crippen LogP contribution >= 0.6 is 22.9 Å². The highest BCUT2D eigenvalue weighted by Gasteiger charge is 2.06. The third-order valence-corrected chi connectivity index (χ3v) is 4.17. The molecule has 1 heterocycles. The molecule has 1 atom stereocenters. The molecule has 0 aliphatic carbocycles. The van der Waals surface area contributed by atoms with Gasteiger partial charge in [-0.15, -0.1) is 22.9 Å². The minimum atomic E-state index is 0.694. The number of aromatic nitrogens is 1. The number of thiazole rings is 1. The summed E-state index contributed by atoms with van der Waals surface area (Å²) in [4.78, 5) is 5.83. The lowest BCUT2D eigenvalue weighted by Gasteiger charge is -2.13. The molecule has 0 saturated carbocycles. The molecule has 0 fully saturated rings. The molecule has 1 aromatic heterocycles. The first-order valence-electron chi connectivity index (χ1n) is 5.87. The topological polar surface area (TPSA) is 24.9 Å². The van der Waals surface area contributed by atoms with Gasteiger partial charge in [0, 0.05) is 17.3 Å². The molecule has 16 heavy (non-hydrogen) atoms. The number of hydrogen-bond acceptors (Lipinski definition) is 3. The van der Waals surface area contributed by atoms with Crippen LogP contribution in [0.1, 0.15) is 35.3 Å². The van der Waals surface area contributed by atoms with Crippen molar-refractivity contribution >= 4 is 22.9 Å². The van der Waals surface area contributed by atoms with Crippen LogP contribution in [0.5, 0.6) is 0 Å². The molecule has 0 saturated heterocycles. The predicted octanol–water partition coefficient (Wildman–Crippen LogP) is 3.50. The summed E-state index contributed by atoms with van der Waals surface area (Å²) in [6, 6.07) is 0. The van der Waals surface area contributed by atoms with E-state index in [1.165, 1.54) is 16.3 Å². The molecule has 0 bridgehead atoms. The summed E-state index contributed by atoms with van der Waals surface area (Å²) in [7, 11) is 0. The maximum absolute atomic E-state index is 5.76. The lowest BCUT2D eigenvalue weighted by molar-refractivity contribution is 0.451. The summed E-state index contributed by atoms with van der Waals surface area (Å²) < 4.78 is 0. The van der Waals surface area contributed by atoms with Gasteiger partial charge in [-0.05, 0) is 32.7 Å². The van der Waals surface area contributed by atoms with Gasteiger partial charge in [0.15, 0.2) is 0 Å². The Bertz CT molecular complexity index is 292. The second-order valence-corrected chi connectivity index (χ2v) is 5.80. The zero-order valence-corrected chi connectivity index (χ0v) is 11.9. The monoisotopic (exact) mass is 260 g/mol. The Balaban J connectivity index is 2.29. The zero-order chi connectivity index (χ0) is 12.0. The van der Waals surface area contributed by atoms with Crippen LogP contribution in [0.3, 0.4) is 0 Å². The predicted molar refractivity (Wildman–Crippen MR) is 72.4 cm³/mol. The van der Waals surface area contributed by atoms with E-state index in [4.69, 9.17) is 11.6 Å². The highest BCUT2D eigenvalue weighted by atomic mass is 35.5. The van der Waals surface area contributed by atoms with Gasteiger partial charge in [0.2, 0.25) is 0 Å². The van der Waals surface area contributed by atoms with Gasteiger partial charge in [-0.25, -0.2) is 4.98 Å². The van der Waals surface area contributed by atoms with E-state index in [1.54, 1.807) is 11.3 Å². The third kappa shape index (κ3) is 4.40. The summed E-state index contributed by atoms with van der Waals surface area (Å²) in [6.45, 7) is 8.34. The van der Waals surface area contributed by atoms with Crippen LogP contribution in [0.15, 0.2) is 0 Å². The van der Waals surface area contributed by atoms with E-state index in [0.29, 0.717) is 5.92 Å². The van der Waals surface area contributed by atoms with E-state index in [1.807, 2.05) is 0 Å². The van der Waals surface area contributed by atoms with Crippen LogP contribution in [0.2, 0.25) is 0 Å². The molecule has 0 aromatic carbocycles. The maximum atomic E-state index is 5.76. The minimum Gasteiger partial charge on any atom is -0.310 e. The zero-order valence-electron chi connectivity index (χ0n) is 10.3. The molecule has 0 aliphatic heterocycles. The van der Waals surface area contributed by atoms with Gasteiger partial charge in [0.1, 0.15) is 5.01 Å². The Labute approximate surface area is 107 Å². The number of nitrogens with zero attached hydrogens (tertiary/aromatic N) is 1. The average Bonchev–Trinajstić information content (AvgIpc) is 2.57. The van der Waals surface area contributed by atoms with Crippen molar-refractivity contribution in [3.63, 3.8) is 0 Å². The molecular weight excluding hydrogens is 240 g/mol. The van der Waals surface area contributed by atoms with E-state index >= 15 is 0 Å². The molecule has 1 unspecified atom stereocenters. The Hall–Kier alpha value is -0.120. The molecule has 0 amide bonds. The van der Waals surface area contributed by atoms with Crippen LogP contribution in [-0.4, -0.2) is 17.4 Å². The van der Waals surface area contributed by atoms with Crippen LogP contribution in [0, 0.1) is 19.8 Å². The van der Waals surface area contributed by atoms with E-state index in [0.717, 1.165) is 31.1 Å².